The summed E-state index contributed by atoms with van der Waals surface area (Å²) in [6.07, 6.45) is 6.89. The SMILES string of the molecule is CC(C)N1c2cccc(CCn3cc[n+](C)c3)c2CS1(=O)=O. The van der Waals surface area contributed by atoms with Gasteiger partial charge in [0.05, 0.1) is 25.0 Å². The van der Waals surface area contributed by atoms with Crippen LogP contribution < -0.4 is 8.87 Å². The van der Waals surface area contributed by atoms with Crippen LogP contribution in [0.4, 0.5) is 5.69 Å². The van der Waals surface area contributed by atoms with Gasteiger partial charge in [0.25, 0.3) is 0 Å². The Morgan fingerprint density at radius 1 is 1.32 bits per heavy atom. The molecule has 0 saturated heterocycles. The minimum Gasteiger partial charge on any atom is -0.267 e. The fraction of sp³-hybridized carbons (Fsp3) is 0.438. The monoisotopic (exact) mass is 320 g/mol. The Morgan fingerprint density at radius 3 is 2.73 bits per heavy atom. The van der Waals surface area contributed by atoms with Gasteiger partial charge in [0.15, 0.2) is 0 Å². The maximum Gasteiger partial charge on any atom is 0.243 e. The lowest BCUT2D eigenvalue weighted by molar-refractivity contribution is -0.671. The molecular formula is C16H22N3O2S+. The molecule has 1 aromatic heterocycles. The number of sulfonamides is 1. The number of rotatable bonds is 4. The second-order valence-electron chi connectivity index (χ2n) is 6.13. The van der Waals surface area contributed by atoms with Crippen LogP contribution in [0.2, 0.25) is 0 Å². The first-order valence-electron chi connectivity index (χ1n) is 7.52. The number of benzene rings is 1. The molecule has 0 fully saturated rings. The topological polar surface area (TPSA) is 46.2 Å². The van der Waals surface area contributed by atoms with Crippen molar-refractivity contribution < 1.29 is 13.0 Å². The van der Waals surface area contributed by atoms with Gasteiger partial charge in [-0.15, -0.1) is 0 Å². The molecule has 2 heterocycles. The molecule has 1 aliphatic rings. The number of aryl methyl sites for hydroxylation is 3. The van der Waals surface area contributed by atoms with Crippen molar-refractivity contribution in [2.75, 3.05) is 4.31 Å². The van der Waals surface area contributed by atoms with E-state index in [1.807, 2.05) is 62.4 Å². The standard InChI is InChI=1S/C16H22N3O2S/c1-13(2)19-16-6-4-5-14(15(16)11-22(19,20)21)7-8-18-10-9-17(3)12-18/h4-6,9-10,12-13H,7-8,11H2,1-3H3/q+1. The third kappa shape index (κ3) is 2.63. The zero-order valence-corrected chi connectivity index (χ0v) is 14.0. The Bertz CT molecular complexity index is 793. The average Bonchev–Trinajstić information content (AvgIpc) is 2.95. The number of hydrogen-bond acceptors (Lipinski definition) is 2. The van der Waals surface area contributed by atoms with Crippen molar-refractivity contribution in [3.63, 3.8) is 0 Å². The maximum absolute atomic E-state index is 12.4. The highest BCUT2D eigenvalue weighted by Gasteiger charge is 2.36. The number of fused-ring (bicyclic) bond motifs is 1. The van der Waals surface area contributed by atoms with Gasteiger partial charge in [-0.25, -0.2) is 17.6 Å². The van der Waals surface area contributed by atoms with Crippen LogP contribution in [0.15, 0.2) is 36.9 Å². The second kappa shape index (κ2) is 5.43. The molecule has 0 amide bonds. The zero-order chi connectivity index (χ0) is 15.9. The molecule has 0 bridgehead atoms. The lowest BCUT2D eigenvalue weighted by Crippen LogP contribution is -2.33. The first-order valence-corrected chi connectivity index (χ1v) is 9.13. The Hall–Kier alpha value is -1.82. The predicted molar refractivity (Wildman–Crippen MR) is 86.0 cm³/mol. The molecule has 0 atom stereocenters. The number of hydrogen-bond donors (Lipinski definition) is 0. The van der Waals surface area contributed by atoms with Gasteiger partial charge in [0.2, 0.25) is 16.4 Å². The molecule has 118 valence electrons. The smallest absolute Gasteiger partial charge is 0.243 e. The highest BCUT2D eigenvalue weighted by Crippen LogP contribution is 2.37. The Labute approximate surface area is 131 Å². The van der Waals surface area contributed by atoms with Crippen LogP contribution in [0.3, 0.4) is 0 Å². The minimum absolute atomic E-state index is 0.0509. The van der Waals surface area contributed by atoms with Crippen molar-refractivity contribution in [2.24, 2.45) is 7.05 Å². The summed E-state index contributed by atoms with van der Waals surface area (Å²) in [5.74, 6) is 0.121. The van der Waals surface area contributed by atoms with Gasteiger partial charge in [-0.05, 0) is 31.0 Å². The van der Waals surface area contributed by atoms with E-state index in [-0.39, 0.29) is 11.8 Å². The third-order valence-electron chi connectivity index (χ3n) is 4.04. The van der Waals surface area contributed by atoms with Crippen molar-refractivity contribution in [1.29, 1.82) is 0 Å². The first kappa shape index (κ1) is 15.1. The van der Waals surface area contributed by atoms with Gasteiger partial charge >= 0.3 is 0 Å². The molecule has 0 radical (unpaired) electrons. The summed E-state index contributed by atoms with van der Waals surface area (Å²) in [5, 5.41) is 0. The minimum atomic E-state index is -3.22. The van der Waals surface area contributed by atoms with Crippen LogP contribution in [-0.4, -0.2) is 19.0 Å². The summed E-state index contributed by atoms with van der Waals surface area (Å²) < 4.78 is 30.5. The van der Waals surface area contributed by atoms with Crippen LogP contribution in [0.5, 0.6) is 0 Å². The van der Waals surface area contributed by atoms with Crippen molar-refractivity contribution in [3.05, 3.63) is 48.0 Å². The Balaban J connectivity index is 1.90. The third-order valence-corrected chi connectivity index (χ3v) is 5.92. The van der Waals surface area contributed by atoms with Crippen molar-refractivity contribution in [1.82, 2.24) is 4.57 Å². The molecule has 1 aliphatic heterocycles. The molecular weight excluding hydrogens is 298 g/mol. The van der Waals surface area contributed by atoms with E-state index in [2.05, 4.69) is 4.57 Å². The second-order valence-corrected chi connectivity index (χ2v) is 7.97. The van der Waals surface area contributed by atoms with Crippen LogP contribution >= 0.6 is 0 Å². The summed E-state index contributed by atoms with van der Waals surface area (Å²) in [4.78, 5) is 0. The van der Waals surface area contributed by atoms with E-state index < -0.39 is 10.0 Å². The summed E-state index contributed by atoms with van der Waals surface area (Å²) in [7, 11) is -1.23. The van der Waals surface area contributed by atoms with Gasteiger partial charge in [0, 0.05) is 12.5 Å². The lowest BCUT2D eigenvalue weighted by Gasteiger charge is -2.22. The Morgan fingerprint density at radius 2 is 2.09 bits per heavy atom. The summed E-state index contributed by atoms with van der Waals surface area (Å²) >= 11 is 0. The molecule has 0 N–H and O–H groups in total. The highest BCUT2D eigenvalue weighted by atomic mass is 32.2. The Kier molecular flexibility index (Phi) is 3.72. The van der Waals surface area contributed by atoms with Crippen LogP contribution in [0.25, 0.3) is 0 Å². The lowest BCUT2D eigenvalue weighted by atomic mass is 10.0. The van der Waals surface area contributed by atoms with Crippen molar-refractivity contribution in [3.8, 4) is 0 Å². The summed E-state index contributed by atoms with van der Waals surface area (Å²) in [6, 6.07) is 5.87. The first-order chi connectivity index (χ1) is 10.4. The van der Waals surface area contributed by atoms with E-state index in [1.54, 1.807) is 4.31 Å². The van der Waals surface area contributed by atoms with Gasteiger partial charge < -0.3 is 0 Å². The molecule has 0 spiro atoms. The summed E-state index contributed by atoms with van der Waals surface area (Å²) in [5.41, 5.74) is 2.94. The quantitative estimate of drug-likeness (QED) is 0.804. The number of aromatic nitrogens is 2. The van der Waals surface area contributed by atoms with Gasteiger partial charge in [-0.3, -0.25) is 4.31 Å². The van der Waals surface area contributed by atoms with E-state index in [4.69, 9.17) is 0 Å². The summed E-state index contributed by atoms with van der Waals surface area (Å²) in [6.45, 7) is 4.68. The van der Waals surface area contributed by atoms with Crippen molar-refractivity contribution >= 4 is 15.7 Å². The van der Waals surface area contributed by atoms with Gasteiger partial charge in [-0.2, -0.15) is 0 Å². The van der Waals surface area contributed by atoms with E-state index in [9.17, 15) is 8.42 Å². The van der Waals surface area contributed by atoms with E-state index in [0.717, 1.165) is 29.8 Å². The largest absolute Gasteiger partial charge is 0.267 e. The fourth-order valence-electron chi connectivity index (χ4n) is 3.11. The van der Waals surface area contributed by atoms with Crippen LogP contribution in [0, 0.1) is 0 Å². The van der Waals surface area contributed by atoms with Crippen LogP contribution in [0.1, 0.15) is 25.0 Å². The van der Waals surface area contributed by atoms with E-state index in [1.165, 1.54) is 0 Å². The fourth-order valence-corrected chi connectivity index (χ4v) is 5.06. The van der Waals surface area contributed by atoms with Crippen LogP contribution in [-0.2, 0) is 35.8 Å². The van der Waals surface area contributed by atoms with Crippen molar-refractivity contribution in [2.45, 2.75) is 38.6 Å². The van der Waals surface area contributed by atoms with Gasteiger partial charge in [-0.1, -0.05) is 12.1 Å². The molecule has 2 aromatic rings. The maximum atomic E-state index is 12.4. The van der Waals surface area contributed by atoms with Gasteiger partial charge in [0.1, 0.15) is 12.4 Å². The molecule has 22 heavy (non-hydrogen) atoms. The molecule has 3 rings (SSSR count). The highest BCUT2D eigenvalue weighted by molar-refractivity contribution is 7.92. The molecule has 0 unspecified atom stereocenters. The zero-order valence-electron chi connectivity index (χ0n) is 13.2. The number of anilines is 1. The molecule has 0 aliphatic carbocycles. The molecule has 0 saturated carbocycles. The normalized spacial score (nSPS) is 16.3. The molecule has 5 nitrogen and oxygen atoms in total. The van der Waals surface area contributed by atoms with E-state index >= 15 is 0 Å². The average molecular weight is 320 g/mol. The number of imidazole rings is 1. The molecule has 6 heteroatoms. The number of nitrogens with zero attached hydrogens (tertiary/aromatic N) is 3. The van der Waals surface area contributed by atoms with E-state index in [0.29, 0.717) is 0 Å². The molecule has 1 aromatic carbocycles. The predicted octanol–water partition coefficient (Wildman–Crippen LogP) is 1.61.